The first-order valence-electron chi connectivity index (χ1n) is 10.8. The summed E-state index contributed by atoms with van der Waals surface area (Å²) >= 11 is 6.19. The van der Waals surface area contributed by atoms with Crippen molar-refractivity contribution in [1.82, 2.24) is 14.0 Å². The number of rotatable bonds is 6. The maximum atomic E-state index is 13.2. The Morgan fingerprint density at radius 3 is 2.51 bits per heavy atom. The van der Waals surface area contributed by atoms with Crippen LogP contribution in [0.5, 0.6) is 11.5 Å². The molecular weight excluding hydrogens is 468 g/mol. The van der Waals surface area contributed by atoms with E-state index in [9.17, 15) is 9.59 Å². The van der Waals surface area contributed by atoms with Crippen molar-refractivity contribution in [1.29, 1.82) is 0 Å². The van der Waals surface area contributed by atoms with E-state index in [0.717, 1.165) is 5.56 Å². The molecule has 0 radical (unpaired) electrons. The smallest absolute Gasteiger partial charge is 0.260 e. The first kappa shape index (κ1) is 22.5. The molecule has 0 spiro atoms. The number of anilines is 1. The molecule has 5 rings (SSSR count). The van der Waals surface area contributed by atoms with Crippen LogP contribution in [-0.2, 0) is 11.3 Å². The number of benzene rings is 3. The highest BCUT2D eigenvalue weighted by molar-refractivity contribution is 6.32. The Morgan fingerprint density at radius 1 is 0.971 bits per heavy atom. The molecule has 35 heavy (non-hydrogen) atoms. The standard InChI is InChI=1S/C26H21ClN4O4/c1-34-18-7-5-6-16(12-18)20-14-25(33)31-22-9-4-3-8-21(22)30(26(31)29-20)15-24(32)28-17-10-11-23(35-2)19(27)13-17/h3-14H,15H2,1-2H3,(H,28,32). The van der Waals surface area contributed by atoms with Gasteiger partial charge in [0.05, 0.1) is 36.0 Å². The number of amides is 1. The summed E-state index contributed by atoms with van der Waals surface area (Å²) in [5, 5.41) is 3.23. The first-order valence-corrected chi connectivity index (χ1v) is 11.1. The summed E-state index contributed by atoms with van der Waals surface area (Å²) in [5.74, 6) is 1.23. The molecule has 176 valence electrons. The van der Waals surface area contributed by atoms with E-state index in [1.54, 1.807) is 29.9 Å². The Bertz CT molecular complexity index is 1640. The van der Waals surface area contributed by atoms with E-state index in [0.29, 0.717) is 44.7 Å². The normalized spacial score (nSPS) is 11.1. The lowest BCUT2D eigenvalue weighted by molar-refractivity contribution is -0.116. The van der Waals surface area contributed by atoms with Gasteiger partial charge in [-0.3, -0.25) is 9.59 Å². The number of halogens is 1. The number of ether oxygens (including phenoxy) is 2. The summed E-state index contributed by atoms with van der Waals surface area (Å²) in [6.07, 6.45) is 0. The monoisotopic (exact) mass is 488 g/mol. The molecule has 9 heteroatoms. The van der Waals surface area contributed by atoms with Crippen LogP contribution in [0.25, 0.3) is 28.1 Å². The molecule has 0 aliphatic rings. The molecule has 1 N–H and O–H groups in total. The number of para-hydroxylation sites is 2. The SMILES string of the molecule is COc1cccc(-c2cc(=O)n3c4ccccc4n(CC(=O)Nc4ccc(OC)c(Cl)c4)c3n2)c1. The van der Waals surface area contributed by atoms with Gasteiger partial charge in [-0.2, -0.15) is 0 Å². The lowest BCUT2D eigenvalue weighted by atomic mass is 10.1. The third-order valence-electron chi connectivity index (χ3n) is 5.66. The molecule has 0 fully saturated rings. The van der Waals surface area contributed by atoms with E-state index >= 15 is 0 Å². The molecule has 0 atom stereocenters. The second kappa shape index (κ2) is 9.15. The van der Waals surface area contributed by atoms with Crippen molar-refractivity contribution in [3.8, 4) is 22.8 Å². The molecule has 0 aliphatic carbocycles. The highest BCUT2D eigenvalue weighted by Gasteiger charge is 2.17. The fourth-order valence-corrected chi connectivity index (χ4v) is 4.30. The maximum absolute atomic E-state index is 13.2. The molecule has 2 aromatic heterocycles. The second-order valence-corrected chi connectivity index (χ2v) is 8.23. The first-order chi connectivity index (χ1) is 17.0. The molecule has 0 unspecified atom stereocenters. The Balaban J connectivity index is 1.59. The van der Waals surface area contributed by atoms with E-state index in [-0.39, 0.29) is 18.0 Å². The summed E-state index contributed by atoms with van der Waals surface area (Å²) in [4.78, 5) is 31.0. The zero-order valence-electron chi connectivity index (χ0n) is 19.0. The fourth-order valence-electron chi connectivity index (χ4n) is 4.04. The van der Waals surface area contributed by atoms with E-state index in [1.165, 1.54) is 17.6 Å². The summed E-state index contributed by atoms with van der Waals surface area (Å²) in [6, 6.07) is 21.2. The van der Waals surface area contributed by atoms with Crippen LogP contribution in [0.4, 0.5) is 5.69 Å². The molecule has 0 saturated carbocycles. The number of nitrogens with zero attached hydrogens (tertiary/aromatic N) is 3. The number of imidazole rings is 1. The molecule has 0 saturated heterocycles. The number of hydrogen-bond donors (Lipinski definition) is 1. The van der Waals surface area contributed by atoms with Crippen LogP contribution in [0.1, 0.15) is 0 Å². The van der Waals surface area contributed by atoms with Gasteiger partial charge in [-0.1, -0.05) is 35.9 Å². The van der Waals surface area contributed by atoms with E-state index in [2.05, 4.69) is 5.32 Å². The summed E-state index contributed by atoms with van der Waals surface area (Å²) in [5.41, 5.74) is 2.88. The van der Waals surface area contributed by atoms with E-state index < -0.39 is 0 Å². The zero-order valence-corrected chi connectivity index (χ0v) is 19.7. The highest BCUT2D eigenvalue weighted by Crippen LogP contribution is 2.28. The largest absolute Gasteiger partial charge is 0.497 e. The van der Waals surface area contributed by atoms with Crippen LogP contribution in [-0.4, -0.2) is 34.1 Å². The third-order valence-corrected chi connectivity index (χ3v) is 5.95. The minimum Gasteiger partial charge on any atom is -0.497 e. The average Bonchev–Trinajstić information content (AvgIpc) is 3.18. The van der Waals surface area contributed by atoms with Gasteiger partial charge in [0.25, 0.3) is 5.56 Å². The van der Waals surface area contributed by atoms with Crippen molar-refractivity contribution in [2.24, 2.45) is 0 Å². The lowest BCUT2D eigenvalue weighted by Crippen LogP contribution is -2.20. The van der Waals surface area contributed by atoms with Gasteiger partial charge in [-0.05, 0) is 42.5 Å². The van der Waals surface area contributed by atoms with Gasteiger partial charge >= 0.3 is 0 Å². The van der Waals surface area contributed by atoms with Crippen molar-refractivity contribution in [2.45, 2.75) is 6.54 Å². The molecule has 1 amide bonds. The molecule has 5 aromatic rings. The summed E-state index contributed by atoms with van der Waals surface area (Å²) in [7, 11) is 3.10. The van der Waals surface area contributed by atoms with E-state index in [4.69, 9.17) is 26.1 Å². The van der Waals surface area contributed by atoms with Crippen molar-refractivity contribution < 1.29 is 14.3 Å². The lowest BCUT2D eigenvalue weighted by Gasteiger charge is -2.10. The van der Waals surface area contributed by atoms with Crippen LogP contribution in [0.2, 0.25) is 5.02 Å². The predicted molar refractivity (Wildman–Crippen MR) is 136 cm³/mol. The molecule has 3 aromatic carbocycles. The van der Waals surface area contributed by atoms with Gasteiger partial charge in [0, 0.05) is 17.3 Å². The van der Waals surface area contributed by atoms with Crippen molar-refractivity contribution in [3.63, 3.8) is 0 Å². The van der Waals surface area contributed by atoms with Gasteiger partial charge < -0.3 is 19.4 Å². The predicted octanol–water partition coefficient (Wildman–Crippen LogP) is 4.63. The van der Waals surface area contributed by atoms with Crippen LogP contribution in [0.3, 0.4) is 0 Å². The number of methoxy groups -OCH3 is 2. The van der Waals surface area contributed by atoms with Gasteiger partial charge in [-0.15, -0.1) is 0 Å². The van der Waals surface area contributed by atoms with Gasteiger partial charge in [0.15, 0.2) is 0 Å². The van der Waals surface area contributed by atoms with Gasteiger partial charge in [0.2, 0.25) is 11.7 Å². The molecule has 2 heterocycles. The van der Waals surface area contributed by atoms with Crippen LogP contribution in [0.15, 0.2) is 77.6 Å². The van der Waals surface area contributed by atoms with E-state index in [1.807, 2.05) is 48.5 Å². The molecule has 0 aliphatic heterocycles. The molecule has 8 nitrogen and oxygen atoms in total. The van der Waals surface area contributed by atoms with Crippen LogP contribution >= 0.6 is 11.6 Å². The Kier molecular flexibility index (Phi) is 5.88. The van der Waals surface area contributed by atoms with Crippen molar-refractivity contribution >= 4 is 40.0 Å². The number of carbonyl (C=O) groups is 1. The molecular formula is C26H21ClN4O4. The number of aromatic nitrogens is 3. The third kappa shape index (κ3) is 4.20. The highest BCUT2D eigenvalue weighted by atomic mass is 35.5. The maximum Gasteiger partial charge on any atom is 0.260 e. The topological polar surface area (TPSA) is 86.9 Å². The summed E-state index contributed by atoms with van der Waals surface area (Å²) in [6.45, 7) is -0.0608. The van der Waals surface area contributed by atoms with Crippen LogP contribution in [0, 0.1) is 0 Å². The Hall–Kier alpha value is -4.30. The zero-order chi connectivity index (χ0) is 24.5. The fraction of sp³-hybridized carbons (Fsp3) is 0.115. The minimum atomic E-state index is -0.296. The van der Waals surface area contributed by atoms with Crippen LogP contribution < -0.4 is 20.3 Å². The quantitative estimate of drug-likeness (QED) is 0.376. The number of carbonyl (C=O) groups excluding carboxylic acids is 1. The van der Waals surface area contributed by atoms with Crippen molar-refractivity contribution in [3.05, 3.63) is 88.2 Å². The number of nitrogens with one attached hydrogen (secondary N) is 1. The summed E-state index contributed by atoms with van der Waals surface area (Å²) < 4.78 is 13.7. The van der Waals surface area contributed by atoms with Crippen molar-refractivity contribution in [2.75, 3.05) is 19.5 Å². The van der Waals surface area contributed by atoms with Gasteiger partial charge in [-0.25, -0.2) is 9.38 Å². The molecule has 0 bridgehead atoms. The van der Waals surface area contributed by atoms with Gasteiger partial charge in [0.1, 0.15) is 18.0 Å². The Labute approximate surface area is 205 Å². The second-order valence-electron chi connectivity index (χ2n) is 7.82. The number of fused-ring (bicyclic) bond motifs is 3. The average molecular weight is 489 g/mol. The number of hydrogen-bond acceptors (Lipinski definition) is 5. The Morgan fingerprint density at radius 2 is 1.77 bits per heavy atom. The minimum absolute atomic E-state index is 0.0608.